The van der Waals surface area contributed by atoms with Crippen LogP contribution < -0.4 is 5.32 Å². The molecule has 1 saturated heterocycles. The molecule has 0 bridgehead atoms. The highest BCUT2D eigenvalue weighted by Gasteiger charge is 2.20. The highest BCUT2D eigenvalue weighted by Crippen LogP contribution is 2.14. The van der Waals surface area contributed by atoms with Gasteiger partial charge in [-0.25, -0.2) is 4.98 Å². The Balaban J connectivity index is 2.14. The standard InChI is InChI=1S/C9H9FN2O2/c10-8-2-1-6(3-11-8)7-4-14-5-9(13)12-7/h1-3,7H,4-5H2,(H,12,13)/t7-/m1/s1. The van der Waals surface area contributed by atoms with E-state index in [1.54, 1.807) is 6.07 Å². The molecule has 5 heteroatoms. The zero-order chi connectivity index (χ0) is 9.97. The number of rotatable bonds is 1. The molecule has 1 fully saturated rings. The normalized spacial score (nSPS) is 21.8. The summed E-state index contributed by atoms with van der Waals surface area (Å²) in [6, 6.07) is 2.63. The summed E-state index contributed by atoms with van der Waals surface area (Å²) < 4.78 is 17.5. The van der Waals surface area contributed by atoms with Gasteiger partial charge in [-0.2, -0.15) is 4.39 Å². The molecule has 1 amide bonds. The van der Waals surface area contributed by atoms with Gasteiger partial charge in [-0.3, -0.25) is 4.79 Å². The van der Waals surface area contributed by atoms with Gasteiger partial charge in [0.1, 0.15) is 6.61 Å². The first-order valence-corrected chi connectivity index (χ1v) is 4.24. The number of carbonyl (C=O) groups excluding carboxylic acids is 1. The molecule has 0 aromatic carbocycles. The minimum atomic E-state index is -0.531. The molecule has 4 nitrogen and oxygen atoms in total. The first-order valence-electron chi connectivity index (χ1n) is 4.24. The van der Waals surface area contributed by atoms with Crippen LogP contribution in [0.2, 0.25) is 0 Å². The highest BCUT2D eigenvalue weighted by molar-refractivity contribution is 5.78. The van der Waals surface area contributed by atoms with E-state index in [1.807, 2.05) is 0 Å². The SMILES string of the molecule is O=C1COC[C@H](c2ccc(F)nc2)N1. The number of aromatic nitrogens is 1. The zero-order valence-corrected chi connectivity index (χ0v) is 7.37. The van der Waals surface area contributed by atoms with Crippen LogP contribution >= 0.6 is 0 Å². The van der Waals surface area contributed by atoms with Crippen molar-refractivity contribution in [3.05, 3.63) is 29.8 Å². The third kappa shape index (κ3) is 1.88. The monoisotopic (exact) mass is 196 g/mol. The molecule has 14 heavy (non-hydrogen) atoms. The van der Waals surface area contributed by atoms with Gasteiger partial charge in [-0.05, 0) is 11.6 Å². The lowest BCUT2D eigenvalue weighted by molar-refractivity contribution is -0.131. The molecule has 1 aliphatic rings. The van der Waals surface area contributed by atoms with Gasteiger partial charge in [0.05, 0.1) is 12.6 Å². The average Bonchev–Trinajstić information content (AvgIpc) is 2.19. The van der Waals surface area contributed by atoms with E-state index in [4.69, 9.17) is 4.74 Å². The van der Waals surface area contributed by atoms with Gasteiger partial charge < -0.3 is 10.1 Å². The minimum absolute atomic E-state index is 0.0884. The topological polar surface area (TPSA) is 51.2 Å². The van der Waals surface area contributed by atoms with Crippen LogP contribution in [0.25, 0.3) is 0 Å². The third-order valence-corrected chi connectivity index (χ3v) is 2.01. The molecule has 0 saturated carbocycles. The Labute approximate surface area is 80.1 Å². The van der Waals surface area contributed by atoms with Crippen LogP contribution in [-0.2, 0) is 9.53 Å². The summed E-state index contributed by atoms with van der Waals surface area (Å²) in [5.41, 5.74) is 0.749. The van der Waals surface area contributed by atoms with E-state index in [0.29, 0.717) is 6.61 Å². The number of amides is 1. The van der Waals surface area contributed by atoms with Gasteiger partial charge in [0.15, 0.2) is 0 Å². The Hall–Kier alpha value is -1.49. The van der Waals surface area contributed by atoms with Crippen molar-refractivity contribution in [2.45, 2.75) is 6.04 Å². The maximum absolute atomic E-state index is 12.5. The summed E-state index contributed by atoms with van der Waals surface area (Å²) >= 11 is 0. The Kier molecular flexibility index (Phi) is 2.41. The lowest BCUT2D eigenvalue weighted by Crippen LogP contribution is -2.39. The van der Waals surface area contributed by atoms with Gasteiger partial charge in [0.2, 0.25) is 11.9 Å². The van der Waals surface area contributed by atoms with Gasteiger partial charge in [0, 0.05) is 6.20 Å². The summed E-state index contributed by atoms with van der Waals surface area (Å²) in [6.45, 7) is 0.490. The number of nitrogens with one attached hydrogen (secondary N) is 1. The van der Waals surface area contributed by atoms with Crippen LogP contribution in [-0.4, -0.2) is 24.1 Å². The van der Waals surface area contributed by atoms with E-state index < -0.39 is 5.95 Å². The Bertz CT molecular complexity index is 339. The summed E-state index contributed by atoms with van der Waals surface area (Å²) in [5.74, 6) is -0.692. The maximum atomic E-state index is 12.5. The van der Waals surface area contributed by atoms with Crippen molar-refractivity contribution >= 4 is 5.91 Å². The fourth-order valence-electron chi connectivity index (χ4n) is 1.32. The predicted molar refractivity (Wildman–Crippen MR) is 45.9 cm³/mol. The number of morpholine rings is 1. The van der Waals surface area contributed by atoms with Gasteiger partial charge in [0.25, 0.3) is 0 Å². The number of carbonyl (C=O) groups is 1. The van der Waals surface area contributed by atoms with E-state index >= 15 is 0 Å². The van der Waals surface area contributed by atoms with Crippen molar-refractivity contribution in [1.29, 1.82) is 0 Å². The molecule has 2 heterocycles. The van der Waals surface area contributed by atoms with Crippen LogP contribution in [0, 0.1) is 5.95 Å². The Morgan fingerprint density at radius 3 is 3.07 bits per heavy atom. The molecular weight excluding hydrogens is 187 g/mol. The lowest BCUT2D eigenvalue weighted by atomic mass is 10.1. The number of pyridine rings is 1. The second-order valence-electron chi connectivity index (χ2n) is 3.05. The lowest BCUT2D eigenvalue weighted by Gasteiger charge is -2.23. The van der Waals surface area contributed by atoms with E-state index in [-0.39, 0.29) is 18.6 Å². The van der Waals surface area contributed by atoms with Crippen molar-refractivity contribution in [2.75, 3.05) is 13.2 Å². The van der Waals surface area contributed by atoms with Crippen molar-refractivity contribution in [3.8, 4) is 0 Å². The number of ether oxygens (including phenoxy) is 1. The van der Waals surface area contributed by atoms with E-state index in [0.717, 1.165) is 5.56 Å². The van der Waals surface area contributed by atoms with E-state index in [9.17, 15) is 9.18 Å². The van der Waals surface area contributed by atoms with Crippen molar-refractivity contribution in [3.63, 3.8) is 0 Å². The van der Waals surface area contributed by atoms with Gasteiger partial charge in [-0.1, -0.05) is 6.07 Å². The van der Waals surface area contributed by atoms with Gasteiger partial charge >= 0.3 is 0 Å². The number of nitrogens with zero attached hydrogens (tertiary/aromatic N) is 1. The molecule has 1 atom stereocenters. The molecule has 0 aliphatic carbocycles. The predicted octanol–water partition coefficient (Wildman–Crippen LogP) is 0.408. The second kappa shape index (κ2) is 3.71. The van der Waals surface area contributed by atoms with Crippen LogP contribution in [0.1, 0.15) is 11.6 Å². The fraction of sp³-hybridized carbons (Fsp3) is 0.333. The van der Waals surface area contributed by atoms with Crippen molar-refractivity contribution in [1.82, 2.24) is 10.3 Å². The quantitative estimate of drug-likeness (QED) is 0.662. The third-order valence-electron chi connectivity index (χ3n) is 2.01. The van der Waals surface area contributed by atoms with Gasteiger partial charge in [-0.15, -0.1) is 0 Å². The molecule has 2 rings (SSSR count). The van der Waals surface area contributed by atoms with E-state index in [2.05, 4.69) is 10.3 Å². The first-order chi connectivity index (χ1) is 6.75. The maximum Gasteiger partial charge on any atom is 0.246 e. The molecule has 0 unspecified atom stereocenters. The Morgan fingerprint density at radius 1 is 1.57 bits per heavy atom. The van der Waals surface area contributed by atoms with Crippen LogP contribution in [0.15, 0.2) is 18.3 Å². The van der Waals surface area contributed by atoms with Crippen LogP contribution in [0.5, 0.6) is 0 Å². The molecule has 1 aromatic rings. The fourth-order valence-corrected chi connectivity index (χ4v) is 1.32. The van der Waals surface area contributed by atoms with Crippen molar-refractivity contribution < 1.29 is 13.9 Å². The summed E-state index contributed by atoms with van der Waals surface area (Å²) in [6.07, 6.45) is 1.40. The zero-order valence-electron chi connectivity index (χ0n) is 7.37. The smallest absolute Gasteiger partial charge is 0.246 e. The molecule has 1 aromatic heterocycles. The molecule has 0 spiro atoms. The molecule has 1 N–H and O–H groups in total. The molecule has 1 aliphatic heterocycles. The number of hydrogen-bond acceptors (Lipinski definition) is 3. The summed E-state index contributed by atoms with van der Waals surface area (Å²) in [4.78, 5) is 14.5. The summed E-state index contributed by atoms with van der Waals surface area (Å²) in [7, 11) is 0. The molecule has 0 radical (unpaired) electrons. The second-order valence-corrected chi connectivity index (χ2v) is 3.05. The molecular formula is C9H9FN2O2. The average molecular weight is 196 g/mol. The Morgan fingerprint density at radius 2 is 2.43 bits per heavy atom. The number of halogens is 1. The van der Waals surface area contributed by atoms with Crippen molar-refractivity contribution in [2.24, 2.45) is 0 Å². The highest BCUT2D eigenvalue weighted by atomic mass is 19.1. The summed E-state index contributed by atoms with van der Waals surface area (Å²) in [5, 5.41) is 2.73. The van der Waals surface area contributed by atoms with Crippen LogP contribution in [0.4, 0.5) is 4.39 Å². The first kappa shape index (κ1) is 9.08. The largest absolute Gasteiger partial charge is 0.369 e. The minimum Gasteiger partial charge on any atom is -0.369 e. The number of hydrogen-bond donors (Lipinski definition) is 1. The van der Waals surface area contributed by atoms with Crippen LogP contribution in [0.3, 0.4) is 0 Å². The van der Waals surface area contributed by atoms with E-state index in [1.165, 1.54) is 12.3 Å². The molecule has 74 valence electrons.